The normalized spacial score (nSPS) is 13.6. The van der Waals surface area contributed by atoms with Crippen LogP contribution in [0.2, 0.25) is 0 Å². The van der Waals surface area contributed by atoms with E-state index in [1.54, 1.807) is 16.2 Å². The van der Waals surface area contributed by atoms with Crippen molar-refractivity contribution in [3.8, 4) is 10.6 Å². The zero-order valence-electron chi connectivity index (χ0n) is 14.9. The van der Waals surface area contributed by atoms with E-state index in [0.717, 1.165) is 34.8 Å². The second-order valence-corrected chi connectivity index (χ2v) is 7.79. The van der Waals surface area contributed by atoms with Gasteiger partial charge >= 0.3 is 0 Å². The summed E-state index contributed by atoms with van der Waals surface area (Å²) in [6.45, 7) is 0.538. The highest BCUT2D eigenvalue weighted by Gasteiger charge is 2.18. The molecular formula is C19H23N5OS. The standard InChI is InChI=1S/C19H23N5OS/c1-24(12-13-11-17(23-20-13)18-7-4-10-26-18)19(25)9-8-16-14-5-2-3-6-15(14)21-22-16/h4,7,10-11H,2-3,5-6,8-9,12H2,1H3,(H,20,23)(H,21,22). The average Bonchev–Trinajstić information content (AvgIpc) is 3.39. The molecule has 0 radical (unpaired) electrons. The van der Waals surface area contributed by atoms with Crippen molar-refractivity contribution in [1.29, 1.82) is 0 Å². The van der Waals surface area contributed by atoms with Crippen molar-refractivity contribution in [3.63, 3.8) is 0 Å². The van der Waals surface area contributed by atoms with Crippen LogP contribution < -0.4 is 0 Å². The minimum atomic E-state index is 0.129. The number of thiophene rings is 1. The van der Waals surface area contributed by atoms with Gasteiger partial charge in [0.2, 0.25) is 5.91 Å². The molecule has 3 aromatic rings. The predicted molar refractivity (Wildman–Crippen MR) is 102 cm³/mol. The molecule has 0 spiro atoms. The van der Waals surface area contributed by atoms with E-state index in [1.165, 1.54) is 24.1 Å². The van der Waals surface area contributed by atoms with Crippen LogP contribution >= 0.6 is 11.3 Å². The lowest BCUT2D eigenvalue weighted by Crippen LogP contribution is -2.26. The molecule has 0 atom stereocenters. The number of H-pyrrole nitrogens is 2. The number of aromatic amines is 2. The number of nitrogens with zero attached hydrogens (tertiary/aromatic N) is 3. The van der Waals surface area contributed by atoms with Crippen molar-refractivity contribution in [3.05, 3.63) is 46.2 Å². The number of aryl methyl sites for hydroxylation is 2. The molecule has 0 aliphatic heterocycles. The van der Waals surface area contributed by atoms with E-state index in [4.69, 9.17) is 0 Å². The van der Waals surface area contributed by atoms with Gasteiger partial charge in [-0.05, 0) is 48.8 Å². The van der Waals surface area contributed by atoms with Crippen LogP contribution in [0.15, 0.2) is 23.6 Å². The third-order valence-corrected chi connectivity index (χ3v) is 5.85. The number of carbonyl (C=O) groups excluding carboxylic acids is 1. The molecular weight excluding hydrogens is 346 g/mol. The molecule has 136 valence electrons. The van der Waals surface area contributed by atoms with Gasteiger partial charge in [-0.25, -0.2) is 0 Å². The lowest BCUT2D eigenvalue weighted by molar-refractivity contribution is -0.130. The van der Waals surface area contributed by atoms with E-state index in [0.29, 0.717) is 19.4 Å². The van der Waals surface area contributed by atoms with Crippen molar-refractivity contribution in [2.24, 2.45) is 0 Å². The van der Waals surface area contributed by atoms with Gasteiger partial charge in [0.1, 0.15) is 5.69 Å². The molecule has 1 amide bonds. The van der Waals surface area contributed by atoms with Crippen LogP contribution in [0.5, 0.6) is 0 Å². The molecule has 3 heterocycles. The van der Waals surface area contributed by atoms with Gasteiger partial charge in [-0.1, -0.05) is 6.07 Å². The Bertz CT molecular complexity index is 880. The van der Waals surface area contributed by atoms with Crippen LogP contribution in [0, 0.1) is 0 Å². The molecule has 1 aliphatic carbocycles. The third-order valence-electron chi connectivity index (χ3n) is 4.96. The Morgan fingerprint density at radius 3 is 3.00 bits per heavy atom. The number of carbonyl (C=O) groups is 1. The molecule has 3 aromatic heterocycles. The zero-order valence-corrected chi connectivity index (χ0v) is 15.7. The summed E-state index contributed by atoms with van der Waals surface area (Å²) in [6, 6.07) is 6.07. The van der Waals surface area contributed by atoms with Gasteiger partial charge in [0.05, 0.1) is 22.8 Å². The topological polar surface area (TPSA) is 77.7 Å². The number of hydrogen-bond donors (Lipinski definition) is 2. The maximum atomic E-state index is 12.5. The van der Waals surface area contributed by atoms with E-state index in [9.17, 15) is 4.79 Å². The highest BCUT2D eigenvalue weighted by atomic mass is 32.1. The smallest absolute Gasteiger partial charge is 0.223 e. The maximum absolute atomic E-state index is 12.5. The van der Waals surface area contributed by atoms with Gasteiger partial charge in [0.15, 0.2) is 0 Å². The summed E-state index contributed by atoms with van der Waals surface area (Å²) >= 11 is 1.66. The summed E-state index contributed by atoms with van der Waals surface area (Å²) in [5.74, 6) is 0.129. The van der Waals surface area contributed by atoms with Gasteiger partial charge in [-0.3, -0.25) is 15.0 Å². The number of fused-ring (bicyclic) bond motifs is 1. The minimum absolute atomic E-state index is 0.129. The summed E-state index contributed by atoms with van der Waals surface area (Å²) in [6.07, 6.45) is 5.82. The van der Waals surface area contributed by atoms with Crippen LogP contribution in [-0.2, 0) is 30.6 Å². The number of rotatable bonds is 6. The summed E-state index contributed by atoms with van der Waals surface area (Å²) in [7, 11) is 1.84. The van der Waals surface area contributed by atoms with Gasteiger partial charge < -0.3 is 4.90 Å². The fourth-order valence-electron chi connectivity index (χ4n) is 3.51. The number of amides is 1. The molecule has 0 unspecified atom stereocenters. The van der Waals surface area contributed by atoms with Gasteiger partial charge in [0, 0.05) is 25.6 Å². The molecule has 26 heavy (non-hydrogen) atoms. The lowest BCUT2D eigenvalue weighted by atomic mass is 9.94. The van der Waals surface area contributed by atoms with Crippen molar-refractivity contribution >= 4 is 17.2 Å². The molecule has 2 N–H and O–H groups in total. The Labute approximate surface area is 156 Å². The third kappa shape index (κ3) is 3.58. The summed E-state index contributed by atoms with van der Waals surface area (Å²) in [5.41, 5.74) is 5.56. The summed E-state index contributed by atoms with van der Waals surface area (Å²) in [5, 5.41) is 17.0. The fraction of sp³-hybridized carbons (Fsp3) is 0.421. The predicted octanol–water partition coefficient (Wildman–Crippen LogP) is 3.33. The molecule has 1 aliphatic rings. The number of aromatic nitrogens is 4. The highest BCUT2D eigenvalue weighted by molar-refractivity contribution is 7.13. The maximum Gasteiger partial charge on any atom is 0.223 e. The Morgan fingerprint density at radius 1 is 1.27 bits per heavy atom. The largest absolute Gasteiger partial charge is 0.340 e. The summed E-state index contributed by atoms with van der Waals surface area (Å²) in [4.78, 5) is 15.4. The first kappa shape index (κ1) is 17.0. The van der Waals surface area contributed by atoms with Crippen molar-refractivity contribution < 1.29 is 4.79 Å². The SMILES string of the molecule is CN(Cc1cc(-c2cccs2)n[nH]1)C(=O)CCc1n[nH]c2c1CCCC2. The van der Waals surface area contributed by atoms with E-state index >= 15 is 0 Å². The van der Waals surface area contributed by atoms with E-state index in [2.05, 4.69) is 20.4 Å². The van der Waals surface area contributed by atoms with Crippen LogP contribution in [0.25, 0.3) is 10.6 Å². The summed E-state index contributed by atoms with van der Waals surface area (Å²) < 4.78 is 0. The van der Waals surface area contributed by atoms with E-state index in [1.807, 2.05) is 30.6 Å². The molecule has 0 saturated carbocycles. The van der Waals surface area contributed by atoms with Gasteiger partial charge in [-0.2, -0.15) is 10.2 Å². The first-order chi connectivity index (χ1) is 12.7. The minimum Gasteiger partial charge on any atom is -0.340 e. The molecule has 6 nitrogen and oxygen atoms in total. The molecule has 0 saturated heterocycles. The van der Waals surface area contributed by atoms with Crippen molar-refractivity contribution in [2.75, 3.05) is 7.05 Å². The zero-order chi connectivity index (χ0) is 17.9. The number of nitrogens with one attached hydrogen (secondary N) is 2. The molecule has 0 bridgehead atoms. The average molecular weight is 369 g/mol. The molecule has 7 heteroatoms. The van der Waals surface area contributed by atoms with Gasteiger partial charge in [-0.15, -0.1) is 11.3 Å². The quantitative estimate of drug-likeness (QED) is 0.700. The van der Waals surface area contributed by atoms with Crippen LogP contribution in [0.4, 0.5) is 0 Å². The first-order valence-electron chi connectivity index (χ1n) is 9.08. The van der Waals surface area contributed by atoms with E-state index < -0.39 is 0 Å². The monoisotopic (exact) mass is 369 g/mol. The fourth-order valence-corrected chi connectivity index (χ4v) is 4.20. The van der Waals surface area contributed by atoms with Crippen LogP contribution in [-0.4, -0.2) is 38.2 Å². The Kier molecular flexibility index (Phi) is 4.88. The van der Waals surface area contributed by atoms with Crippen molar-refractivity contribution in [2.45, 2.75) is 45.1 Å². The van der Waals surface area contributed by atoms with Crippen LogP contribution in [0.3, 0.4) is 0 Å². The van der Waals surface area contributed by atoms with E-state index in [-0.39, 0.29) is 5.91 Å². The lowest BCUT2D eigenvalue weighted by Gasteiger charge is -2.16. The second kappa shape index (κ2) is 7.45. The highest BCUT2D eigenvalue weighted by Crippen LogP contribution is 2.24. The Hall–Kier alpha value is -2.41. The first-order valence-corrected chi connectivity index (χ1v) is 9.96. The molecule has 4 rings (SSSR count). The molecule has 0 fully saturated rings. The van der Waals surface area contributed by atoms with Crippen molar-refractivity contribution in [1.82, 2.24) is 25.3 Å². The van der Waals surface area contributed by atoms with Crippen LogP contribution in [0.1, 0.15) is 41.9 Å². The van der Waals surface area contributed by atoms with Gasteiger partial charge in [0.25, 0.3) is 0 Å². The molecule has 0 aromatic carbocycles. The second-order valence-electron chi connectivity index (χ2n) is 6.84. The Balaban J connectivity index is 1.33. The Morgan fingerprint density at radius 2 is 2.15 bits per heavy atom. The number of hydrogen-bond acceptors (Lipinski definition) is 4.